The van der Waals surface area contributed by atoms with Gasteiger partial charge in [0.25, 0.3) is 0 Å². The van der Waals surface area contributed by atoms with E-state index in [4.69, 9.17) is 5.73 Å². The molecular formula is C12H15FN2. The Hall–Kier alpha value is -1.35. The monoisotopic (exact) mass is 206 g/mol. The Morgan fingerprint density at radius 1 is 1.33 bits per heavy atom. The van der Waals surface area contributed by atoms with Crippen LogP contribution in [0, 0.1) is 5.82 Å². The number of nitrogens with zero attached hydrogens (tertiary/aromatic N) is 1. The van der Waals surface area contributed by atoms with Crippen molar-refractivity contribution >= 4 is 10.9 Å². The molecule has 0 aliphatic heterocycles. The summed E-state index contributed by atoms with van der Waals surface area (Å²) in [6, 6.07) is 6.92. The molecule has 2 nitrogen and oxygen atoms in total. The van der Waals surface area contributed by atoms with E-state index >= 15 is 0 Å². The quantitative estimate of drug-likeness (QED) is 0.820. The number of fused-ring (bicyclic) bond motifs is 1. The van der Waals surface area contributed by atoms with Gasteiger partial charge in [-0.1, -0.05) is 0 Å². The van der Waals surface area contributed by atoms with Gasteiger partial charge in [-0.05, 0) is 44.2 Å². The van der Waals surface area contributed by atoms with Crippen molar-refractivity contribution in [1.29, 1.82) is 0 Å². The lowest BCUT2D eigenvalue weighted by Gasteiger charge is -2.06. The predicted octanol–water partition coefficient (Wildman–Crippen LogP) is 2.30. The smallest absolute Gasteiger partial charge is 0.123 e. The van der Waals surface area contributed by atoms with Gasteiger partial charge in [-0.2, -0.15) is 0 Å². The van der Waals surface area contributed by atoms with Gasteiger partial charge in [0.1, 0.15) is 5.82 Å². The van der Waals surface area contributed by atoms with Gasteiger partial charge in [-0.3, -0.25) is 0 Å². The van der Waals surface area contributed by atoms with E-state index in [0.717, 1.165) is 23.9 Å². The molecule has 0 unspecified atom stereocenters. The first-order valence-corrected chi connectivity index (χ1v) is 5.24. The van der Waals surface area contributed by atoms with E-state index < -0.39 is 0 Å². The summed E-state index contributed by atoms with van der Waals surface area (Å²) in [7, 11) is 0. The minimum Gasteiger partial charge on any atom is -0.345 e. The molecule has 1 aromatic carbocycles. The van der Waals surface area contributed by atoms with E-state index in [0.29, 0.717) is 6.54 Å². The number of hydrogen-bond donors (Lipinski definition) is 1. The molecule has 0 radical (unpaired) electrons. The SMILES string of the molecule is CCn1c(CCN)cc2cc(F)ccc21. The van der Waals surface area contributed by atoms with E-state index in [1.54, 1.807) is 6.07 Å². The van der Waals surface area contributed by atoms with Crippen LogP contribution < -0.4 is 5.73 Å². The second-order valence-corrected chi connectivity index (χ2v) is 3.62. The first-order chi connectivity index (χ1) is 7.26. The zero-order valence-corrected chi connectivity index (χ0v) is 8.83. The molecule has 0 saturated heterocycles. The molecule has 0 fully saturated rings. The Labute approximate surface area is 88.5 Å². The summed E-state index contributed by atoms with van der Waals surface area (Å²) in [6.07, 6.45) is 0.837. The highest BCUT2D eigenvalue weighted by atomic mass is 19.1. The lowest BCUT2D eigenvalue weighted by Crippen LogP contribution is -2.07. The topological polar surface area (TPSA) is 30.9 Å². The minimum absolute atomic E-state index is 0.185. The van der Waals surface area contributed by atoms with Crippen molar-refractivity contribution in [2.75, 3.05) is 6.54 Å². The Morgan fingerprint density at radius 2 is 2.13 bits per heavy atom. The summed E-state index contributed by atoms with van der Waals surface area (Å²) in [4.78, 5) is 0. The predicted molar refractivity (Wildman–Crippen MR) is 60.3 cm³/mol. The zero-order valence-electron chi connectivity index (χ0n) is 8.83. The van der Waals surface area contributed by atoms with Crippen LogP contribution in [0.4, 0.5) is 4.39 Å². The molecule has 0 bridgehead atoms. The van der Waals surface area contributed by atoms with Gasteiger partial charge >= 0.3 is 0 Å². The molecule has 2 aromatic rings. The van der Waals surface area contributed by atoms with Crippen LogP contribution in [0.5, 0.6) is 0 Å². The van der Waals surface area contributed by atoms with Crippen molar-refractivity contribution < 1.29 is 4.39 Å². The molecule has 0 aliphatic carbocycles. The van der Waals surface area contributed by atoms with Crippen LogP contribution in [0.3, 0.4) is 0 Å². The van der Waals surface area contributed by atoms with Gasteiger partial charge in [-0.25, -0.2) is 4.39 Å². The fourth-order valence-corrected chi connectivity index (χ4v) is 2.03. The summed E-state index contributed by atoms with van der Waals surface area (Å²) in [5.41, 5.74) is 7.82. The highest BCUT2D eigenvalue weighted by Gasteiger charge is 2.07. The van der Waals surface area contributed by atoms with Crippen molar-refractivity contribution in [2.24, 2.45) is 5.73 Å². The highest BCUT2D eigenvalue weighted by molar-refractivity contribution is 5.81. The summed E-state index contributed by atoms with van der Waals surface area (Å²) < 4.78 is 15.2. The van der Waals surface area contributed by atoms with Crippen molar-refractivity contribution in [2.45, 2.75) is 19.9 Å². The highest BCUT2D eigenvalue weighted by Crippen LogP contribution is 2.21. The molecule has 2 N–H and O–H groups in total. The molecule has 0 spiro atoms. The molecule has 80 valence electrons. The first kappa shape index (κ1) is 10.2. The average molecular weight is 206 g/mol. The van der Waals surface area contributed by atoms with E-state index in [1.165, 1.54) is 11.8 Å². The van der Waals surface area contributed by atoms with Crippen molar-refractivity contribution in [3.63, 3.8) is 0 Å². The van der Waals surface area contributed by atoms with E-state index in [1.807, 2.05) is 12.1 Å². The number of halogens is 1. The summed E-state index contributed by atoms with van der Waals surface area (Å²) in [5.74, 6) is -0.185. The Morgan fingerprint density at radius 3 is 2.80 bits per heavy atom. The van der Waals surface area contributed by atoms with Crippen LogP contribution in [0.15, 0.2) is 24.3 Å². The van der Waals surface area contributed by atoms with Crippen LogP contribution in [0.1, 0.15) is 12.6 Å². The summed E-state index contributed by atoms with van der Waals surface area (Å²) >= 11 is 0. The number of hydrogen-bond acceptors (Lipinski definition) is 1. The Kier molecular flexibility index (Phi) is 2.73. The summed E-state index contributed by atoms with van der Waals surface area (Å²) in [5, 5.41) is 0.959. The molecule has 0 atom stereocenters. The molecule has 0 aliphatic rings. The number of nitrogens with two attached hydrogens (primary N) is 1. The second-order valence-electron chi connectivity index (χ2n) is 3.62. The number of aromatic nitrogens is 1. The molecule has 1 aromatic heterocycles. The second kappa shape index (κ2) is 4.03. The Balaban J connectivity index is 2.62. The number of benzene rings is 1. The largest absolute Gasteiger partial charge is 0.345 e. The molecular weight excluding hydrogens is 191 g/mol. The van der Waals surface area contributed by atoms with Gasteiger partial charge in [0.05, 0.1) is 0 Å². The third-order valence-corrected chi connectivity index (χ3v) is 2.67. The summed E-state index contributed by atoms with van der Waals surface area (Å²) in [6.45, 7) is 3.60. The van der Waals surface area contributed by atoms with Crippen LogP contribution in [0.25, 0.3) is 10.9 Å². The van der Waals surface area contributed by atoms with Gasteiger partial charge in [0.15, 0.2) is 0 Å². The van der Waals surface area contributed by atoms with Crippen LogP contribution >= 0.6 is 0 Å². The van der Waals surface area contributed by atoms with Crippen molar-refractivity contribution in [3.05, 3.63) is 35.8 Å². The van der Waals surface area contributed by atoms with E-state index in [-0.39, 0.29) is 5.82 Å². The third kappa shape index (κ3) is 1.75. The van der Waals surface area contributed by atoms with Gasteiger partial charge < -0.3 is 10.3 Å². The molecule has 15 heavy (non-hydrogen) atoms. The minimum atomic E-state index is -0.185. The van der Waals surface area contributed by atoms with Gasteiger partial charge in [-0.15, -0.1) is 0 Å². The maximum absolute atomic E-state index is 13.0. The molecule has 3 heteroatoms. The maximum Gasteiger partial charge on any atom is 0.123 e. The zero-order chi connectivity index (χ0) is 10.8. The van der Waals surface area contributed by atoms with Crippen molar-refractivity contribution in [1.82, 2.24) is 4.57 Å². The first-order valence-electron chi connectivity index (χ1n) is 5.24. The van der Waals surface area contributed by atoms with Crippen LogP contribution in [-0.2, 0) is 13.0 Å². The third-order valence-electron chi connectivity index (χ3n) is 2.67. The molecule has 0 amide bonds. The van der Waals surface area contributed by atoms with E-state index in [9.17, 15) is 4.39 Å². The molecule has 2 rings (SSSR count). The lowest BCUT2D eigenvalue weighted by molar-refractivity contribution is 0.629. The fraction of sp³-hybridized carbons (Fsp3) is 0.333. The van der Waals surface area contributed by atoms with Crippen LogP contribution in [0.2, 0.25) is 0 Å². The number of rotatable bonds is 3. The lowest BCUT2D eigenvalue weighted by atomic mass is 10.2. The van der Waals surface area contributed by atoms with E-state index in [2.05, 4.69) is 11.5 Å². The van der Waals surface area contributed by atoms with Crippen molar-refractivity contribution in [3.8, 4) is 0 Å². The average Bonchev–Trinajstić information content (AvgIpc) is 2.54. The fourth-order valence-electron chi connectivity index (χ4n) is 2.03. The van der Waals surface area contributed by atoms with Gasteiger partial charge in [0, 0.05) is 23.1 Å². The molecule has 1 heterocycles. The standard InChI is InChI=1S/C12H15FN2/c1-2-15-11(5-6-14)8-9-7-10(13)3-4-12(9)15/h3-4,7-8H,2,5-6,14H2,1H3. The van der Waals surface area contributed by atoms with Crippen LogP contribution in [-0.4, -0.2) is 11.1 Å². The van der Waals surface area contributed by atoms with Gasteiger partial charge in [0.2, 0.25) is 0 Å². The normalized spacial score (nSPS) is 11.1. The number of aryl methyl sites for hydroxylation is 1. The maximum atomic E-state index is 13.0. The Bertz CT molecular complexity index is 474. The molecule has 0 saturated carbocycles.